The van der Waals surface area contributed by atoms with Gasteiger partial charge in [0.25, 0.3) is 0 Å². The molecule has 6 rings (SSSR count). The first kappa shape index (κ1) is 32.6. The first-order valence-corrected chi connectivity index (χ1v) is 16.2. The Hall–Kier alpha value is -4.30. The summed E-state index contributed by atoms with van der Waals surface area (Å²) in [4.78, 5) is 0. The Bertz CT molecular complexity index is 1500. The molecule has 5 aromatic carbocycles. The molecule has 1 aliphatic heterocycles. The van der Waals surface area contributed by atoms with Crippen molar-refractivity contribution in [2.24, 2.45) is 0 Å². The van der Waals surface area contributed by atoms with Gasteiger partial charge in [-0.3, -0.25) is 0 Å². The Morgan fingerprint density at radius 2 is 0.745 bits per heavy atom. The summed E-state index contributed by atoms with van der Waals surface area (Å²) in [5.74, 6) is 0.745. The van der Waals surface area contributed by atoms with E-state index in [1.165, 1.54) is 0 Å². The zero-order valence-electron chi connectivity index (χ0n) is 26.8. The van der Waals surface area contributed by atoms with Crippen molar-refractivity contribution in [3.63, 3.8) is 0 Å². The van der Waals surface area contributed by atoms with Gasteiger partial charge in [0.2, 0.25) is 0 Å². The van der Waals surface area contributed by atoms with E-state index in [1.807, 2.05) is 91.0 Å². The SMILES string of the molecule is COc1c2cccc1CO[C@H](c1ccccc1)[C@@H](c1ccccc1)OCCOCCO[C@H](c1ccccc1)[C@@H](c1ccccc1)OC2. The number of ether oxygens (including phenoxy) is 6. The van der Waals surface area contributed by atoms with Crippen LogP contribution in [0, 0.1) is 0 Å². The van der Waals surface area contributed by atoms with E-state index in [9.17, 15) is 0 Å². The van der Waals surface area contributed by atoms with E-state index < -0.39 is 0 Å². The number of hydrogen-bond donors (Lipinski definition) is 0. The highest BCUT2D eigenvalue weighted by atomic mass is 16.6. The minimum atomic E-state index is -0.375. The molecule has 47 heavy (non-hydrogen) atoms. The fourth-order valence-electron chi connectivity index (χ4n) is 6.06. The molecular weight excluding hydrogens is 588 g/mol. The smallest absolute Gasteiger partial charge is 0.129 e. The Morgan fingerprint density at radius 3 is 1.09 bits per heavy atom. The Labute approximate surface area is 277 Å². The average molecular weight is 631 g/mol. The van der Waals surface area contributed by atoms with E-state index >= 15 is 0 Å². The van der Waals surface area contributed by atoms with E-state index in [1.54, 1.807) is 7.11 Å². The van der Waals surface area contributed by atoms with Crippen LogP contribution < -0.4 is 4.74 Å². The van der Waals surface area contributed by atoms with Crippen LogP contribution in [0.2, 0.25) is 0 Å². The second kappa shape index (κ2) is 17.0. The van der Waals surface area contributed by atoms with Crippen molar-refractivity contribution < 1.29 is 28.4 Å². The minimum absolute atomic E-state index is 0.317. The molecule has 4 atom stereocenters. The van der Waals surface area contributed by atoms with Gasteiger partial charge in [-0.25, -0.2) is 0 Å². The summed E-state index contributed by atoms with van der Waals surface area (Å²) in [6.07, 6.45) is -1.47. The maximum Gasteiger partial charge on any atom is 0.129 e. The predicted molar refractivity (Wildman–Crippen MR) is 182 cm³/mol. The molecule has 0 saturated carbocycles. The molecule has 0 aliphatic carbocycles. The van der Waals surface area contributed by atoms with E-state index in [-0.39, 0.29) is 24.4 Å². The summed E-state index contributed by atoms with van der Waals surface area (Å²) >= 11 is 0. The van der Waals surface area contributed by atoms with Crippen LogP contribution in [0.3, 0.4) is 0 Å². The zero-order chi connectivity index (χ0) is 32.1. The molecule has 5 aromatic rings. The normalized spacial score (nSPS) is 21.6. The molecule has 1 aliphatic rings. The van der Waals surface area contributed by atoms with Crippen LogP contribution in [-0.4, -0.2) is 33.5 Å². The lowest BCUT2D eigenvalue weighted by molar-refractivity contribution is -0.109. The van der Waals surface area contributed by atoms with Crippen LogP contribution in [0.1, 0.15) is 57.8 Å². The highest BCUT2D eigenvalue weighted by Gasteiger charge is 2.29. The summed E-state index contributed by atoms with van der Waals surface area (Å²) in [5.41, 5.74) is 5.98. The van der Waals surface area contributed by atoms with Gasteiger partial charge in [-0.2, -0.15) is 0 Å². The molecule has 6 heteroatoms. The van der Waals surface area contributed by atoms with Crippen LogP contribution in [0.4, 0.5) is 0 Å². The molecule has 0 unspecified atom stereocenters. The number of rotatable bonds is 5. The molecule has 0 radical (unpaired) electrons. The highest BCUT2D eigenvalue weighted by Crippen LogP contribution is 2.39. The quantitative estimate of drug-likeness (QED) is 0.194. The molecule has 0 N–H and O–H groups in total. The number of hydrogen-bond acceptors (Lipinski definition) is 6. The molecule has 2 bridgehead atoms. The van der Waals surface area contributed by atoms with Crippen LogP contribution in [-0.2, 0) is 36.9 Å². The minimum Gasteiger partial charge on any atom is -0.496 e. The third-order valence-corrected chi connectivity index (χ3v) is 8.33. The lowest BCUT2D eigenvalue weighted by Gasteiger charge is -2.30. The van der Waals surface area contributed by atoms with Crippen molar-refractivity contribution in [1.29, 1.82) is 0 Å². The standard InChI is InChI=1S/C41H42O6/c1-42-37-35-23-14-24-36(37)30-47-41(34-21-12-5-13-22-34)39(32-17-8-3-9-18-32)45-28-26-43-25-27-44-38(31-15-6-2-7-16-31)40(46-29-35)33-19-10-4-11-20-33/h2-24,38-41H,25-30H2,1H3/t38-,39-,40-,41-/m1/s1. The van der Waals surface area contributed by atoms with Gasteiger partial charge < -0.3 is 28.4 Å². The van der Waals surface area contributed by atoms with Gasteiger partial charge in [-0.1, -0.05) is 140 Å². The largest absolute Gasteiger partial charge is 0.496 e. The molecule has 1 heterocycles. The second-order valence-electron chi connectivity index (χ2n) is 11.4. The highest BCUT2D eigenvalue weighted by molar-refractivity contribution is 5.41. The van der Waals surface area contributed by atoms with Gasteiger partial charge in [-0.05, 0) is 22.3 Å². The number of fused-ring (bicyclic) bond motifs is 2. The van der Waals surface area contributed by atoms with Crippen molar-refractivity contribution in [2.45, 2.75) is 37.6 Å². The molecule has 242 valence electrons. The maximum atomic E-state index is 6.78. The fraction of sp³-hybridized carbons (Fsp3) is 0.268. The first-order valence-electron chi connectivity index (χ1n) is 16.2. The molecule has 0 spiro atoms. The van der Waals surface area contributed by atoms with Crippen LogP contribution in [0.15, 0.2) is 140 Å². The average Bonchev–Trinajstić information content (AvgIpc) is 3.14. The summed E-state index contributed by atoms with van der Waals surface area (Å²) < 4.78 is 38.8. The van der Waals surface area contributed by atoms with Gasteiger partial charge in [0.05, 0.1) is 46.8 Å². The monoisotopic (exact) mass is 630 g/mol. The number of benzene rings is 5. The van der Waals surface area contributed by atoms with Crippen LogP contribution in [0.25, 0.3) is 0 Å². The van der Waals surface area contributed by atoms with Gasteiger partial charge in [0, 0.05) is 11.1 Å². The van der Waals surface area contributed by atoms with E-state index in [0.29, 0.717) is 39.6 Å². The number of methoxy groups -OCH3 is 1. The van der Waals surface area contributed by atoms with E-state index in [4.69, 9.17) is 28.4 Å². The second-order valence-corrected chi connectivity index (χ2v) is 11.4. The third-order valence-electron chi connectivity index (χ3n) is 8.33. The summed E-state index contributed by atoms with van der Waals surface area (Å²) in [6.45, 7) is 2.25. The van der Waals surface area contributed by atoms with Crippen LogP contribution in [0.5, 0.6) is 5.75 Å². The third kappa shape index (κ3) is 8.55. The van der Waals surface area contributed by atoms with Crippen molar-refractivity contribution >= 4 is 0 Å². The molecule has 6 nitrogen and oxygen atoms in total. The Morgan fingerprint density at radius 1 is 0.404 bits per heavy atom. The van der Waals surface area contributed by atoms with Crippen molar-refractivity contribution in [1.82, 2.24) is 0 Å². The van der Waals surface area contributed by atoms with Gasteiger partial charge >= 0.3 is 0 Å². The van der Waals surface area contributed by atoms with E-state index in [0.717, 1.165) is 39.1 Å². The topological polar surface area (TPSA) is 55.4 Å². The predicted octanol–water partition coefficient (Wildman–Crippen LogP) is 8.76. The first-order chi connectivity index (χ1) is 23.3. The summed E-state index contributed by atoms with van der Waals surface area (Å²) in [5, 5.41) is 0. The lowest BCUT2D eigenvalue weighted by Crippen LogP contribution is -2.22. The van der Waals surface area contributed by atoms with Gasteiger partial charge in [-0.15, -0.1) is 0 Å². The molecule has 0 amide bonds. The Kier molecular flexibility index (Phi) is 11.8. The van der Waals surface area contributed by atoms with Crippen LogP contribution >= 0.6 is 0 Å². The summed E-state index contributed by atoms with van der Waals surface area (Å²) in [7, 11) is 1.70. The lowest BCUT2D eigenvalue weighted by atomic mass is 9.97. The van der Waals surface area contributed by atoms with Crippen molar-refractivity contribution in [2.75, 3.05) is 33.5 Å². The van der Waals surface area contributed by atoms with Gasteiger partial charge in [0.1, 0.15) is 30.2 Å². The molecular formula is C41H42O6. The summed E-state index contributed by atoms with van der Waals surface area (Å²) in [6, 6.07) is 47.0. The Balaban J connectivity index is 1.35. The molecule has 0 fully saturated rings. The van der Waals surface area contributed by atoms with Gasteiger partial charge in [0.15, 0.2) is 0 Å². The molecule has 0 aromatic heterocycles. The molecule has 0 saturated heterocycles. The number of para-hydroxylation sites is 1. The van der Waals surface area contributed by atoms with Crippen molar-refractivity contribution in [3.8, 4) is 5.75 Å². The zero-order valence-corrected chi connectivity index (χ0v) is 26.8. The maximum absolute atomic E-state index is 6.78. The fourth-order valence-corrected chi connectivity index (χ4v) is 6.06. The van der Waals surface area contributed by atoms with Crippen molar-refractivity contribution in [3.05, 3.63) is 173 Å². The van der Waals surface area contributed by atoms with E-state index in [2.05, 4.69) is 48.5 Å².